The molecular formula is C17H19N3O4S. The number of hydrogen-bond acceptors (Lipinski definition) is 6. The second-order valence-electron chi connectivity index (χ2n) is 5.29. The quantitative estimate of drug-likeness (QED) is 0.420. The third-order valence-corrected chi connectivity index (χ3v) is 4.16. The van der Waals surface area contributed by atoms with Gasteiger partial charge in [-0.1, -0.05) is 25.5 Å². The molecule has 1 amide bonds. The Morgan fingerprint density at radius 2 is 2.16 bits per heavy atom. The minimum absolute atomic E-state index is 0.00323. The van der Waals surface area contributed by atoms with Crippen LogP contribution in [0.2, 0.25) is 0 Å². The molecule has 0 bridgehead atoms. The van der Waals surface area contributed by atoms with Crippen molar-refractivity contribution in [3.8, 4) is 5.75 Å². The average molecular weight is 361 g/mol. The fourth-order valence-corrected chi connectivity index (χ4v) is 2.70. The van der Waals surface area contributed by atoms with E-state index in [4.69, 9.17) is 4.74 Å². The smallest absolute Gasteiger partial charge is 0.280 e. The van der Waals surface area contributed by atoms with Crippen molar-refractivity contribution < 1.29 is 14.5 Å². The molecule has 0 fully saturated rings. The third-order valence-electron chi connectivity index (χ3n) is 3.31. The number of nitrogens with zero attached hydrogens (tertiary/aromatic N) is 2. The monoisotopic (exact) mass is 361 g/mol. The topological polar surface area (TPSA) is 93.8 Å². The number of nitro groups is 1. The highest BCUT2D eigenvalue weighted by molar-refractivity contribution is 7.12. The van der Waals surface area contributed by atoms with E-state index in [1.807, 2.05) is 24.3 Å². The normalized spacial score (nSPS) is 10.8. The van der Waals surface area contributed by atoms with Gasteiger partial charge in [-0.3, -0.25) is 14.9 Å². The van der Waals surface area contributed by atoms with Crippen LogP contribution in [0.1, 0.15) is 30.2 Å². The zero-order valence-electron chi connectivity index (χ0n) is 13.8. The number of carbonyl (C=O) groups excluding carboxylic acids is 1. The van der Waals surface area contributed by atoms with Crippen molar-refractivity contribution >= 4 is 29.1 Å². The molecule has 0 aliphatic carbocycles. The summed E-state index contributed by atoms with van der Waals surface area (Å²) in [6.45, 7) is 1.99. The molecule has 1 aromatic carbocycles. The number of rotatable bonds is 9. The molecule has 25 heavy (non-hydrogen) atoms. The lowest BCUT2D eigenvalue weighted by atomic mass is 10.1. The molecule has 8 heteroatoms. The van der Waals surface area contributed by atoms with Crippen molar-refractivity contribution in [3.05, 3.63) is 56.3 Å². The molecule has 0 unspecified atom stereocenters. The number of amides is 1. The van der Waals surface area contributed by atoms with Gasteiger partial charge in [0.25, 0.3) is 11.6 Å². The van der Waals surface area contributed by atoms with Gasteiger partial charge in [-0.25, -0.2) is 5.43 Å². The van der Waals surface area contributed by atoms with Crippen molar-refractivity contribution in [2.24, 2.45) is 5.10 Å². The number of ether oxygens (including phenoxy) is 1. The largest absolute Gasteiger partial charge is 0.484 e. The summed E-state index contributed by atoms with van der Waals surface area (Å²) in [6, 6.07) is 9.05. The molecule has 0 spiro atoms. The summed E-state index contributed by atoms with van der Waals surface area (Å²) in [5.41, 5.74) is 3.57. The first-order valence-corrected chi connectivity index (χ1v) is 8.73. The van der Waals surface area contributed by atoms with E-state index in [1.165, 1.54) is 34.6 Å². The second-order valence-corrected chi connectivity index (χ2v) is 6.24. The van der Waals surface area contributed by atoms with Crippen molar-refractivity contribution in [3.63, 3.8) is 0 Å². The van der Waals surface area contributed by atoms with Crippen LogP contribution >= 0.6 is 11.3 Å². The first-order chi connectivity index (χ1) is 12.1. The summed E-state index contributed by atoms with van der Waals surface area (Å²) < 4.78 is 5.39. The summed E-state index contributed by atoms with van der Waals surface area (Å²) in [5, 5.41) is 15.7. The molecule has 0 saturated heterocycles. The summed E-state index contributed by atoms with van der Waals surface area (Å²) in [6.07, 6.45) is 4.69. The predicted molar refractivity (Wildman–Crippen MR) is 97.3 cm³/mol. The molecule has 1 N–H and O–H groups in total. The molecule has 1 aromatic heterocycles. The lowest BCUT2D eigenvalue weighted by Gasteiger charge is -2.06. The molecule has 7 nitrogen and oxygen atoms in total. The number of hydrazone groups is 1. The van der Waals surface area contributed by atoms with E-state index < -0.39 is 10.8 Å². The average Bonchev–Trinajstić information content (AvgIpc) is 3.08. The molecule has 0 saturated carbocycles. The van der Waals surface area contributed by atoms with E-state index in [0.717, 1.165) is 19.3 Å². The molecule has 0 aliphatic heterocycles. The zero-order chi connectivity index (χ0) is 18.1. The highest BCUT2D eigenvalue weighted by Gasteiger charge is 2.07. The van der Waals surface area contributed by atoms with Gasteiger partial charge in [0.15, 0.2) is 6.61 Å². The van der Waals surface area contributed by atoms with Crippen molar-refractivity contribution in [2.45, 2.75) is 26.2 Å². The Morgan fingerprint density at radius 3 is 2.80 bits per heavy atom. The van der Waals surface area contributed by atoms with Gasteiger partial charge in [0.1, 0.15) is 5.75 Å². The Hall–Kier alpha value is -2.74. The standard InChI is InChI=1S/C17H19N3O4S/c1-2-3-4-13-5-7-15(8-6-13)24-11-17(21)19-18-10-16-9-14(12-25-16)20(22)23/h5-10,12H,2-4,11H2,1H3,(H,19,21). The van der Waals surface area contributed by atoms with Gasteiger partial charge >= 0.3 is 0 Å². The number of benzene rings is 1. The number of aryl methyl sites for hydroxylation is 1. The van der Waals surface area contributed by atoms with E-state index in [1.54, 1.807) is 0 Å². The maximum Gasteiger partial charge on any atom is 0.280 e. The van der Waals surface area contributed by atoms with Gasteiger partial charge in [-0.2, -0.15) is 5.10 Å². The minimum Gasteiger partial charge on any atom is -0.484 e. The van der Waals surface area contributed by atoms with Gasteiger partial charge in [0.05, 0.1) is 21.4 Å². The number of unbranched alkanes of at least 4 members (excludes halogenated alkanes) is 1. The number of nitrogens with one attached hydrogen (secondary N) is 1. The summed E-state index contributed by atoms with van der Waals surface area (Å²) in [4.78, 5) is 22.3. The lowest BCUT2D eigenvalue weighted by Crippen LogP contribution is -2.24. The van der Waals surface area contributed by atoms with E-state index in [-0.39, 0.29) is 12.3 Å². The van der Waals surface area contributed by atoms with E-state index in [2.05, 4.69) is 17.5 Å². The Morgan fingerprint density at radius 1 is 1.40 bits per heavy atom. The SMILES string of the molecule is CCCCc1ccc(OCC(=O)NN=Cc2cc([N+](=O)[O-])cs2)cc1. The minimum atomic E-state index is -0.478. The van der Waals surface area contributed by atoms with Crippen LogP contribution in [0.15, 0.2) is 40.8 Å². The zero-order valence-corrected chi connectivity index (χ0v) is 14.6. The van der Waals surface area contributed by atoms with E-state index in [0.29, 0.717) is 10.6 Å². The van der Waals surface area contributed by atoms with Crippen LogP contribution in [0.5, 0.6) is 5.75 Å². The third kappa shape index (κ3) is 6.34. The molecule has 0 aliphatic rings. The Balaban J connectivity index is 1.74. The summed E-state index contributed by atoms with van der Waals surface area (Å²) >= 11 is 1.17. The van der Waals surface area contributed by atoms with Crippen LogP contribution in [-0.4, -0.2) is 23.7 Å². The summed E-state index contributed by atoms with van der Waals surface area (Å²) in [5.74, 6) is 0.214. The fourth-order valence-electron chi connectivity index (χ4n) is 1.99. The molecule has 2 aromatic rings. The molecular weight excluding hydrogens is 342 g/mol. The first-order valence-electron chi connectivity index (χ1n) is 7.85. The van der Waals surface area contributed by atoms with Crippen LogP contribution < -0.4 is 10.2 Å². The highest BCUT2D eigenvalue weighted by Crippen LogP contribution is 2.19. The van der Waals surface area contributed by atoms with Crippen molar-refractivity contribution in [1.82, 2.24) is 5.43 Å². The number of hydrogen-bond donors (Lipinski definition) is 1. The summed E-state index contributed by atoms with van der Waals surface area (Å²) in [7, 11) is 0. The van der Waals surface area contributed by atoms with Crippen LogP contribution in [0.4, 0.5) is 5.69 Å². The first kappa shape index (κ1) is 18.6. The number of carbonyl (C=O) groups is 1. The van der Waals surface area contributed by atoms with Gasteiger partial charge in [0.2, 0.25) is 0 Å². The van der Waals surface area contributed by atoms with Gasteiger partial charge < -0.3 is 4.74 Å². The molecule has 0 radical (unpaired) electrons. The Bertz CT molecular complexity index is 741. The van der Waals surface area contributed by atoms with E-state index >= 15 is 0 Å². The van der Waals surface area contributed by atoms with Crippen LogP contribution in [0, 0.1) is 10.1 Å². The lowest BCUT2D eigenvalue weighted by molar-refractivity contribution is -0.384. The second kappa shape index (κ2) is 9.53. The number of thiophene rings is 1. The van der Waals surface area contributed by atoms with Gasteiger partial charge in [-0.15, -0.1) is 11.3 Å². The van der Waals surface area contributed by atoms with Crippen LogP contribution in [0.25, 0.3) is 0 Å². The van der Waals surface area contributed by atoms with Crippen LogP contribution in [0.3, 0.4) is 0 Å². The molecule has 1 heterocycles. The molecule has 0 atom stereocenters. The predicted octanol–water partition coefficient (Wildman–Crippen LogP) is 3.53. The molecule has 2 rings (SSSR count). The fraction of sp³-hybridized carbons (Fsp3) is 0.294. The van der Waals surface area contributed by atoms with E-state index in [9.17, 15) is 14.9 Å². The maximum absolute atomic E-state index is 11.7. The van der Waals surface area contributed by atoms with Crippen LogP contribution in [-0.2, 0) is 11.2 Å². The highest BCUT2D eigenvalue weighted by atomic mass is 32.1. The Labute approximate surface area is 149 Å². The van der Waals surface area contributed by atoms with Gasteiger partial charge in [-0.05, 0) is 30.5 Å². The Kier molecular flexibility index (Phi) is 7.09. The van der Waals surface area contributed by atoms with Gasteiger partial charge in [0, 0.05) is 6.07 Å². The maximum atomic E-state index is 11.7. The molecule has 132 valence electrons. The van der Waals surface area contributed by atoms with Crippen molar-refractivity contribution in [2.75, 3.05) is 6.61 Å². The van der Waals surface area contributed by atoms with Crippen molar-refractivity contribution in [1.29, 1.82) is 0 Å².